The third kappa shape index (κ3) is 6.02. The summed E-state index contributed by atoms with van der Waals surface area (Å²) in [5.74, 6) is -0.253. The fourth-order valence-corrected chi connectivity index (χ4v) is 4.29. The molecule has 0 spiro atoms. The first-order valence-electron chi connectivity index (χ1n) is 11.8. The van der Waals surface area contributed by atoms with Crippen molar-refractivity contribution in [2.75, 3.05) is 13.2 Å². The molecule has 0 unspecified atom stereocenters. The molecule has 10 nitrogen and oxygen atoms in total. The molecule has 1 fully saturated rings. The maximum Gasteiger partial charge on any atom is 0.255 e. The number of aliphatic hydroxyl groups is 1. The summed E-state index contributed by atoms with van der Waals surface area (Å²) in [7, 11) is 1.83. The summed E-state index contributed by atoms with van der Waals surface area (Å²) >= 11 is 0. The predicted molar refractivity (Wildman–Crippen MR) is 135 cm³/mol. The molecule has 36 heavy (non-hydrogen) atoms. The highest BCUT2D eigenvalue weighted by atomic mass is 16.5. The number of hydrogen-bond acceptors (Lipinski definition) is 7. The average Bonchev–Trinajstić information content (AvgIpc) is 3.54. The number of nitrogens with one attached hydrogen (secondary N) is 2. The van der Waals surface area contributed by atoms with Crippen LogP contribution in [-0.4, -0.2) is 63.7 Å². The number of carbonyl (C=O) groups is 2. The molecule has 3 N–H and O–H groups in total. The highest BCUT2D eigenvalue weighted by molar-refractivity contribution is 5.99. The molecule has 4 rings (SSSR count). The maximum atomic E-state index is 13.2. The van der Waals surface area contributed by atoms with Crippen molar-refractivity contribution in [2.45, 2.75) is 38.0 Å². The van der Waals surface area contributed by atoms with Gasteiger partial charge in [-0.2, -0.15) is 5.10 Å². The lowest BCUT2D eigenvalue weighted by molar-refractivity contribution is 0.0272. The molecule has 0 bridgehead atoms. The highest BCUT2D eigenvalue weighted by Crippen LogP contribution is 2.27. The summed E-state index contributed by atoms with van der Waals surface area (Å²) < 4.78 is 7.84. The minimum absolute atomic E-state index is 0.114. The van der Waals surface area contributed by atoms with Gasteiger partial charge in [0.05, 0.1) is 37.1 Å². The number of aromatic nitrogens is 3. The van der Waals surface area contributed by atoms with Crippen molar-refractivity contribution in [3.8, 4) is 11.1 Å². The molecule has 1 saturated carbocycles. The van der Waals surface area contributed by atoms with Crippen molar-refractivity contribution in [3.63, 3.8) is 0 Å². The molecule has 188 valence electrons. The van der Waals surface area contributed by atoms with Crippen molar-refractivity contribution in [2.24, 2.45) is 12.0 Å². The molecular weight excluding hydrogens is 460 g/mol. The van der Waals surface area contributed by atoms with E-state index in [0.29, 0.717) is 17.7 Å². The van der Waals surface area contributed by atoms with Crippen LogP contribution in [0.2, 0.25) is 0 Å². The van der Waals surface area contributed by atoms with Gasteiger partial charge in [0.2, 0.25) is 0 Å². The molecule has 1 aliphatic rings. The van der Waals surface area contributed by atoms with E-state index < -0.39 is 0 Å². The summed E-state index contributed by atoms with van der Waals surface area (Å²) in [6, 6.07) is 8.77. The van der Waals surface area contributed by atoms with E-state index in [4.69, 9.17) is 9.84 Å². The van der Waals surface area contributed by atoms with E-state index in [1.54, 1.807) is 41.3 Å². The van der Waals surface area contributed by atoms with Gasteiger partial charge in [0.15, 0.2) is 5.82 Å². The Bertz CT molecular complexity index is 1240. The first-order chi connectivity index (χ1) is 17.5. The Labute approximate surface area is 209 Å². The van der Waals surface area contributed by atoms with Crippen molar-refractivity contribution in [1.29, 1.82) is 0 Å². The van der Waals surface area contributed by atoms with E-state index >= 15 is 0 Å². The molecule has 0 aliphatic heterocycles. The van der Waals surface area contributed by atoms with Gasteiger partial charge in [-0.25, -0.2) is 9.98 Å². The third-order valence-electron chi connectivity index (χ3n) is 6.12. The fourth-order valence-electron chi connectivity index (χ4n) is 4.29. The minimum atomic E-state index is -0.279. The number of aryl methyl sites for hydroxylation is 1. The van der Waals surface area contributed by atoms with E-state index in [2.05, 4.69) is 32.4 Å². The standard InChI is InChI=1S/C26H30N6O4/c1-27-24-21(12-19(13-29-24)20-14-30-32(2)15-20)26(35)31-22-7-4-8-23(22)36-16-17-5-3-6-18(11-17)25(34)28-9-10-33/h3,5-6,11-15,22-23,33H,1,4,7-10,16H2,2H3,(H,28,34)(H,31,35)/t22-,23-/m0/s1. The van der Waals surface area contributed by atoms with Gasteiger partial charge in [0, 0.05) is 42.7 Å². The SMILES string of the molecule is C=Nc1ncc(-c2cnn(C)c2)cc1C(=O)N[C@H]1CCC[C@@H]1OCc1cccc(C(=O)NCCO)c1. The average molecular weight is 491 g/mol. The van der Waals surface area contributed by atoms with E-state index in [-0.39, 0.29) is 42.9 Å². The van der Waals surface area contributed by atoms with Gasteiger partial charge in [-0.1, -0.05) is 12.1 Å². The Kier molecular flexibility index (Phi) is 8.19. The summed E-state index contributed by atoms with van der Waals surface area (Å²) in [5.41, 5.74) is 3.33. The van der Waals surface area contributed by atoms with Crippen LogP contribution in [0.5, 0.6) is 0 Å². The van der Waals surface area contributed by atoms with Crippen molar-refractivity contribution in [1.82, 2.24) is 25.4 Å². The normalized spacial score (nSPS) is 17.1. The molecule has 0 radical (unpaired) electrons. The zero-order valence-corrected chi connectivity index (χ0v) is 20.2. The van der Waals surface area contributed by atoms with Gasteiger partial charge in [0.25, 0.3) is 11.8 Å². The van der Waals surface area contributed by atoms with Crippen molar-refractivity contribution < 1.29 is 19.4 Å². The molecule has 10 heteroatoms. The number of nitrogens with zero attached hydrogens (tertiary/aromatic N) is 4. The number of hydrogen-bond donors (Lipinski definition) is 3. The smallest absolute Gasteiger partial charge is 0.255 e. The second kappa shape index (κ2) is 11.7. The molecule has 1 aliphatic carbocycles. The third-order valence-corrected chi connectivity index (χ3v) is 6.12. The van der Waals surface area contributed by atoms with Crippen LogP contribution >= 0.6 is 0 Å². The summed E-state index contributed by atoms with van der Waals surface area (Å²) in [5, 5.41) is 18.8. The van der Waals surface area contributed by atoms with Crippen LogP contribution in [-0.2, 0) is 18.4 Å². The highest BCUT2D eigenvalue weighted by Gasteiger charge is 2.30. The van der Waals surface area contributed by atoms with Gasteiger partial charge < -0.3 is 20.5 Å². The van der Waals surface area contributed by atoms with E-state index in [1.165, 1.54) is 0 Å². The van der Waals surface area contributed by atoms with Crippen LogP contribution in [0.1, 0.15) is 45.5 Å². The second-order valence-corrected chi connectivity index (χ2v) is 8.70. The molecule has 2 aromatic heterocycles. The van der Waals surface area contributed by atoms with Crippen LogP contribution < -0.4 is 10.6 Å². The summed E-state index contributed by atoms with van der Waals surface area (Å²) in [6.07, 6.45) is 7.61. The van der Waals surface area contributed by atoms with Gasteiger partial charge in [-0.15, -0.1) is 0 Å². The number of rotatable bonds is 10. The number of benzene rings is 1. The zero-order chi connectivity index (χ0) is 25.5. The Morgan fingerprint density at radius 2 is 2.08 bits per heavy atom. The molecular formula is C26H30N6O4. The van der Waals surface area contributed by atoms with Crippen molar-refractivity contribution >= 4 is 24.3 Å². The van der Waals surface area contributed by atoms with E-state index in [0.717, 1.165) is 36.0 Å². The van der Waals surface area contributed by atoms with Crippen LogP contribution in [0.25, 0.3) is 11.1 Å². The van der Waals surface area contributed by atoms with Crippen LogP contribution in [0.3, 0.4) is 0 Å². The predicted octanol–water partition coefficient (Wildman–Crippen LogP) is 2.40. The number of ether oxygens (including phenoxy) is 1. The molecule has 0 saturated heterocycles. The Morgan fingerprint density at radius 1 is 1.22 bits per heavy atom. The lowest BCUT2D eigenvalue weighted by Gasteiger charge is -2.22. The number of carbonyl (C=O) groups excluding carboxylic acids is 2. The molecule has 2 amide bonds. The van der Waals surface area contributed by atoms with Crippen LogP contribution in [0, 0.1) is 0 Å². The van der Waals surface area contributed by atoms with E-state index in [9.17, 15) is 9.59 Å². The number of pyridine rings is 1. The van der Waals surface area contributed by atoms with Gasteiger partial charge >= 0.3 is 0 Å². The number of amides is 2. The fraction of sp³-hybridized carbons (Fsp3) is 0.346. The molecule has 2 atom stereocenters. The minimum Gasteiger partial charge on any atom is -0.395 e. The van der Waals surface area contributed by atoms with Crippen molar-refractivity contribution in [3.05, 3.63) is 65.6 Å². The zero-order valence-electron chi connectivity index (χ0n) is 20.2. The second-order valence-electron chi connectivity index (χ2n) is 8.70. The number of aliphatic hydroxyl groups excluding tert-OH is 1. The maximum absolute atomic E-state index is 13.2. The lowest BCUT2D eigenvalue weighted by Crippen LogP contribution is -2.41. The Hall–Kier alpha value is -3.89. The lowest BCUT2D eigenvalue weighted by atomic mass is 10.1. The summed E-state index contributed by atoms with van der Waals surface area (Å²) in [6.45, 7) is 3.95. The Balaban J connectivity index is 1.41. The Morgan fingerprint density at radius 3 is 2.83 bits per heavy atom. The number of aliphatic imine (C=N–C) groups is 1. The van der Waals surface area contributed by atoms with Crippen LogP contribution in [0.4, 0.5) is 5.82 Å². The van der Waals surface area contributed by atoms with Gasteiger partial charge in [-0.3, -0.25) is 14.3 Å². The van der Waals surface area contributed by atoms with Gasteiger partial charge in [-0.05, 0) is 49.7 Å². The first-order valence-corrected chi connectivity index (χ1v) is 11.8. The quantitative estimate of drug-likeness (QED) is 0.374. The largest absolute Gasteiger partial charge is 0.395 e. The van der Waals surface area contributed by atoms with E-state index in [1.807, 2.05) is 19.3 Å². The topological polar surface area (TPSA) is 131 Å². The monoisotopic (exact) mass is 490 g/mol. The van der Waals surface area contributed by atoms with Crippen LogP contribution in [0.15, 0.2) is 53.9 Å². The first kappa shape index (κ1) is 25.2. The van der Waals surface area contributed by atoms with Gasteiger partial charge in [0.1, 0.15) is 0 Å². The molecule has 1 aromatic carbocycles. The molecule has 2 heterocycles. The summed E-state index contributed by atoms with van der Waals surface area (Å²) in [4.78, 5) is 33.6. The molecule has 3 aromatic rings.